The van der Waals surface area contributed by atoms with Crippen LogP contribution in [0.1, 0.15) is 0 Å². The highest BCUT2D eigenvalue weighted by Crippen LogP contribution is 2.21. The summed E-state index contributed by atoms with van der Waals surface area (Å²) in [4.78, 5) is 0. The van der Waals surface area contributed by atoms with Crippen LogP contribution in [0.2, 0.25) is 0 Å². The first-order valence-electron chi connectivity index (χ1n) is 2.98. The second kappa shape index (κ2) is 1.70. The summed E-state index contributed by atoms with van der Waals surface area (Å²) in [5.41, 5.74) is 10.8. The van der Waals surface area contributed by atoms with Gasteiger partial charge in [0.1, 0.15) is 6.26 Å². The van der Waals surface area contributed by atoms with E-state index in [0.29, 0.717) is 5.82 Å². The lowest BCUT2D eigenvalue weighted by molar-refractivity contribution is -0.0211. The minimum absolute atomic E-state index is 0.186. The van der Waals surface area contributed by atoms with E-state index in [1.807, 2.05) is 0 Å². The van der Waals surface area contributed by atoms with Gasteiger partial charge in [0.25, 0.3) is 6.35 Å². The third-order valence-corrected chi connectivity index (χ3v) is 1.50. The SMILES string of the molecule is NC1=COC2N(N)C(N)=NN12. The van der Waals surface area contributed by atoms with Crippen LogP contribution < -0.4 is 17.3 Å². The number of nitrogens with two attached hydrogens (primary N) is 3. The van der Waals surface area contributed by atoms with Crippen LogP contribution in [-0.2, 0) is 4.74 Å². The van der Waals surface area contributed by atoms with Crippen molar-refractivity contribution in [1.29, 1.82) is 0 Å². The molecule has 0 amide bonds. The fourth-order valence-electron chi connectivity index (χ4n) is 0.935. The maximum Gasteiger partial charge on any atom is 0.289 e. The molecule has 0 fully saturated rings. The van der Waals surface area contributed by atoms with Crippen LogP contribution in [0.25, 0.3) is 0 Å². The van der Waals surface area contributed by atoms with Crippen molar-refractivity contribution in [2.75, 3.05) is 0 Å². The standard InChI is InChI=1S/C4H8N6O/c5-2-1-11-4-9(7)3(6)8-10(2)4/h1,4H,5,7H2,(H2,6,8). The molecule has 0 spiro atoms. The summed E-state index contributed by atoms with van der Waals surface area (Å²) < 4.78 is 5.02. The van der Waals surface area contributed by atoms with Crippen LogP contribution in [0.3, 0.4) is 0 Å². The first kappa shape index (κ1) is 6.10. The van der Waals surface area contributed by atoms with Crippen LogP contribution in [-0.4, -0.2) is 22.3 Å². The molecule has 7 heteroatoms. The molecule has 2 heterocycles. The molecule has 0 aromatic heterocycles. The van der Waals surface area contributed by atoms with Crippen LogP contribution in [0.4, 0.5) is 0 Å². The van der Waals surface area contributed by atoms with Crippen LogP contribution in [0.5, 0.6) is 0 Å². The molecule has 0 saturated heterocycles. The van der Waals surface area contributed by atoms with Crippen molar-refractivity contribution in [2.45, 2.75) is 6.35 Å². The summed E-state index contributed by atoms with van der Waals surface area (Å²) in [6.07, 6.45) is 0.871. The molecule has 7 nitrogen and oxygen atoms in total. The molecule has 60 valence electrons. The first-order chi connectivity index (χ1) is 5.20. The molecule has 2 aliphatic rings. The van der Waals surface area contributed by atoms with E-state index in [1.54, 1.807) is 0 Å². The van der Waals surface area contributed by atoms with Crippen molar-refractivity contribution in [3.63, 3.8) is 0 Å². The number of rotatable bonds is 0. The molecule has 0 bridgehead atoms. The van der Waals surface area contributed by atoms with Crippen LogP contribution in [0.15, 0.2) is 17.2 Å². The fourth-order valence-corrected chi connectivity index (χ4v) is 0.935. The van der Waals surface area contributed by atoms with Gasteiger partial charge in [-0.25, -0.2) is 10.9 Å². The van der Waals surface area contributed by atoms with E-state index < -0.39 is 6.35 Å². The normalized spacial score (nSPS) is 27.9. The van der Waals surface area contributed by atoms with Crippen molar-refractivity contribution in [3.05, 3.63) is 12.1 Å². The third-order valence-electron chi connectivity index (χ3n) is 1.50. The van der Waals surface area contributed by atoms with E-state index in [-0.39, 0.29) is 5.96 Å². The second-order valence-corrected chi connectivity index (χ2v) is 2.22. The Bertz CT molecular complexity index is 247. The number of nitrogens with zero attached hydrogens (tertiary/aromatic N) is 3. The summed E-state index contributed by atoms with van der Waals surface area (Å²) in [6.45, 7) is 0. The van der Waals surface area contributed by atoms with Gasteiger partial charge in [-0.1, -0.05) is 0 Å². The van der Waals surface area contributed by atoms with Gasteiger partial charge in [0.05, 0.1) is 0 Å². The first-order valence-corrected chi connectivity index (χ1v) is 2.98. The van der Waals surface area contributed by atoms with E-state index in [2.05, 4.69) is 5.10 Å². The molecule has 2 aliphatic heterocycles. The molecule has 0 saturated carbocycles. The topological polar surface area (TPSA) is 106 Å². The van der Waals surface area contributed by atoms with E-state index in [9.17, 15) is 0 Å². The maximum atomic E-state index is 5.46. The van der Waals surface area contributed by atoms with E-state index in [0.717, 1.165) is 0 Å². The van der Waals surface area contributed by atoms with E-state index >= 15 is 0 Å². The Morgan fingerprint density at radius 3 is 2.91 bits per heavy atom. The Morgan fingerprint density at radius 1 is 1.55 bits per heavy atom. The predicted molar refractivity (Wildman–Crippen MR) is 36.6 cm³/mol. The molecule has 1 atom stereocenters. The van der Waals surface area contributed by atoms with Gasteiger partial charge in [0.15, 0.2) is 5.82 Å². The van der Waals surface area contributed by atoms with Crippen LogP contribution >= 0.6 is 0 Å². The minimum Gasteiger partial charge on any atom is -0.453 e. The van der Waals surface area contributed by atoms with Crippen molar-refractivity contribution >= 4 is 5.96 Å². The molecule has 0 aromatic carbocycles. The maximum absolute atomic E-state index is 5.46. The van der Waals surface area contributed by atoms with Crippen molar-refractivity contribution in [3.8, 4) is 0 Å². The highest BCUT2D eigenvalue weighted by molar-refractivity contribution is 5.78. The Labute approximate surface area is 62.6 Å². The number of fused-ring (bicyclic) bond motifs is 1. The van der Waals surface area contributed by atoms with E-state index in [4.69, 9.17) is 22.0 Å². The number of hydrazone groups is 1. The van der Waals surface area contributed by atoms with Crippen molar-refractivity contribution in [2.24, 2.45) is 22.4 Å². The predicted octanol–water partition coefficient (Wildman–Crippen LogP) is -2.22. The van der Waals surface area contributed by atoms with Gasteiger partial charge in [-0.05, 0) is 0 Å². The second-order valence-electron chi connectivity index (χ2n) is 2.22. The van der Waals surface area contributed by atoms with Gasteiger partial charge in [-0.3, -0.25) is 0 Å². The molecule has 0 aromatic rings. The number of hydrogen-bond donors (Lipinski definition) is 3. The van der Waals surface area contributed by atoms with Gasteiger partial charge in [-0.15, -0.1) is 5.10 Å². The van der Waals surface area contributed by atoms with Crippen molar-refractivity contribution < 1.29 is 4.74 Å². The summed E-state index contributed by atoms with van der Waals surface area (Å²) in [6, 6.07) is 0. The van der Waals surface area contributed by atoms with Gasteiger partial charge >= 0.3 is 0 Å². The smallest absolute Gasteiger partial charge is 0.289 e. The molecule has 1 unspecified atom stereocenters. The Morgan fingerprint density at radius 2 is 2.27 bits per heavy atom. The molecule has 2 rings (SSSR count). The molecular weight excluding hydrogens is 148 g/mol. The van der Waals surface area contributed by atoms with Gasteiger partial charge in [0.2, 0.25) is 5.96 Å². The summed E-state index contributed by atoms with van der Waals surface area (Å²) >= 11 is 0. The molecule has 0 radical (unpaired) electrons. The molecule has 0 aliphatic carbocycles. The lowest BCUT2D eigenvalue weighted by Gasteiger charge is -2.19. The quantitative estimate of drug-likeness (QED) is 0.343. The summed E-state index contributed by atoms with van der Waals surface area (Å²) in [5.74, 6) is 6.03. The zero-order chi connectivity index (χ0) is 8.01. The van der Waals surface area contributed by atoms with Crippen LogP contribution in [0, 0.1) is 0 Å². The van der Waals surface area contributed by atoms with Crippen molar-refractivity contribution in [1.82, 2.24) is 10.0 Å². The highest BCUT2D eigenvalue weighted by atomic mass is 16.5. The van der Waals surface area contributed by atoms with Gasteiger partial charge in [-0.2, -0.15) is 5.01 Å². The largest absolute Gasteiger partial charge is 0.453 e. The zero-order valence-electron chi connectivity index (χ0n) is 5.64. The molecular formula is C4H8N6O. The number of guanidine groups is 1. The highest BCUT2D eigenvalue weighted by Gasteiger charge is 2.37. The minimum atomic E-state index is -0.505. The molecule has 6 N–H and O–H groups in total. The zero-order valence-corrected chi connectivity index (χ0v) is 5.64. The Hall–Kier alpha value is -1.63. The molecule has 11 heavy (non-hydrogen) atoms. The van der Waals surface area contributed by atoms with E-state index in [1.165, 1.54) is 16.3 Å². The average Bonchev–Trinajstić information content (AvgIpc) is 2.43. The Balaban J connectivity index is 2.28. The number of ether oxygens (including phenoxy) is 1. The number of hydrogen-bond acceptors (Lipinski definition) is 7. The monoisotopic (exact) mass is 156 g/mol. The lowest BCUT2D eigenvalue weighted by atomic mass is 10.7. The average molecular weight is 156 g/mol. The van der Waals surface area contributed by atoms with Gasteiger partial charge in [0, 0.05) is 0 Å². The number of hydrazine groups is 1. The Kier molecular flexibility index (Phi) is 0.941. The summed E-state index contributed by atoms with van der Waals surface area (Å²) in [7, 11) is 0. The van der Waals surface area contributed by atoms with Gasteiger partial charge < -0.3 is 16.2 Å². The fraction of sp³-hybridized carbons (Fsp3) is 0.250. The lowest BCUT2D eigenvalue weighted by Crippen LogP contribution is -2.48. The third kappa shape index (κ3) is 0.622. The summed E-state index contributed by atoms with van der Waals surface area (Å²) in [5, 5.41) is 6.41.